The molecule has 0 spiro atoms. The van der Waals surface area contributed by atoms with E-state index in [0.29, 0.717) is 0 Å². The zero-order valence-electron chi connectivity index (χ0n) is 6.20. The van der Waals surface area contributed by atoms with E-state index in [9.17, 15) is 4.79 Å². The van der Waals surface area contributed by atoms with E-state index < -0.39 is 0 Å². The molecule has 0 bridgehead atoms. The molecule has 0 fully saturated rings. The topological polar surface area (TPSA) is 68.3 Å². The fraction of sp³-hybridized carbons (Fsp3) is 0.286. The molecule has 11 heavy (non-hydrogen) atoms. The van der Waals surface area contributed by atoms with Crippen LogP contribution >= 0.6 is 0 Å². The molecular weight excluding hydrogens is 144 g/mol. The van der Waals surface area contributed by atoms with Crippen LogP contribution in [-0.2, 0) is 0 Å². The van der Waals surface area contributed by atoms with Crippen LogP contribution in [0.3, 0.4) is 0 Å². The predicted octanol–water partition coefficient (Wildman–Crippen LogP) is 0.314. The molecule has 1 aromatic rings. The summed E-state index contributed by atoms with van der Waals surface area (Å²) < 4.78 is 4.83. The molecule has 1 rings (SSSR count). The summed E-state index contributed by atoms with van der Waals surface area (Å²) in [5.74, 6) is -0.00713. The molecule has 1 atom stereocenters. The maximum atomic E-state index is 11.0. The van der Waals surface area contributed by atoms with Crippen LogP contribution in [0.1, 0.15) is 17.5 Å². The van der Waals surface area contributed by atoms with Crippen molar-refractivity contribution in [1.82, 2.24) is 5.32 Å². The summed E-state index contributed by atoms with van der Waals surface area (Å²) in [5, 5.41) is 2.49. The first-order valence-corrected chi connectivity index (χ1v) is 3.30. The molecule has 4 nitrogen and oxygen atoms in total. The van der Waals surface area contributed by atoms with Gasteiger partial charge in [-0.3, -0.25) is 4.79 Å². The number of nitrogens with one attached hydrogen (secondary N) is 1. The molecule has 0 radical (unpaired) electrons. The molecule has 1 heterocycles. The Labute approximate surface area is 64.4 Å². The molecule has 1 aromatic heterocycles. The van der Waals surface area contributed by atoms with E-state index in [1.165, 1.54) is 6.26 Å². The van der Waals surface area contributed by atoms with Crippen LogP contribution in [0, 0.1) is 0 Å². The predicted molar refractivity (Wildman–Crippen MR) is 39.8 cm³/mol. The third kappa shape index (κ3) is 2.09. The van der Waals surface area contributed by atoms with Crippen molar-refractivity contribution < 1.29 is 9.21 Å². The molecule has 0 aliphatic rings. The number of nitrogens with two attached hydrogens (primary N) is 1. The lowest BCUT2D eigenvalue weighted by atomic mass is 10.4. The number of carbonyl (C=O) groups is 1. The van der Waals surface area contributed by atoms with Crippen LogP contribution in [-0.4, -0.2) is 12.1 Å². The zero-order valence-corrected chi connectivity index (χ0v) is 6.20. The van der Waals surface area contributed by atoms with Crippen molar-refractivity contribution in [2.45, 2.75) is 13.1 Å². The number of carbonyl (C=O) groups excluding carboxylic acids is 1. The number of hydrogen-bond acceptors (Lipinski definition) is 3. The van der Waals surface area contributed by atoms with Gasteiger partial charge in [0.2, 0.25) is 0 Å². The van der Waals surface area contributed by atoms with Gasteiger partial charge in [-0.25, -0.2) is 0 Å². The average molecular weight is 154 g/mol. The van der Waals surface area contributed by atoms with Crippen molar-refractivity contribution >= 4 is 5.91 Å². The first-order chi connectivity index (χ1) is 5.20. The van der Waals surface area contributed by atoms with Gasteiger partial charge >= 0.3 is 0 Å². The molecule has 0 aliphatic carbocycles. The van der Waals surface area contributed by atoms with Crippen LogP contribution in [0.15, 0.2) is 22.8 Å². The van der Waals surface area contributed by atoms with Crippen LogP contribution in [0.5, 0.6) is 0 Å². The molecule has 4 heteroatoms. The Hall–Kier alpha value is -1.29. The minimum Gasteiger partial charge on any atom is -0.459 e. The second-order valence-corrected chi connectivity index (χ2v) is 2.24. The summed E-state index contributed by atoms with van der Waals surface area (Å²) in [5.41, 5.74) is 5.33. The fourth-order valence-corrected chi connectivity index (χ4v) is 0.686. The highest BCUT2D eigenvalue weighted by atomic mass is 16.3. The number of furan rings is 1. The lowest BCUT2D eigenvalue weighted by Crippen LogP contribution is -2.38. The van der Waals surface area contributed by atoms with Crippen molar-refractivity contribution in [3.63, 3.8) is 0 Å². The monoisotopic (exact) mass is 154 g/mol. The van der Waals surface area contributed by atoms with E-state index in [4.69, 9.17) is 10.2 Å². The molecule has 1 amide bonds. The summed E-state index contributed by atoms with van der Waals surface area (Å²) in [6.45, 7) is 1.68. The van der Waals surface area contributed by atoms with E-state index in [2.05, 4.69) is 5.32 Å². The van der Waals surface area contributed by atoms with Gasteiger partial charge in [-0.05, 0) is 19.1 Å². The van der Waals surface area contributed by atoms with E-state index in [0.717, 1.165) is 0 Å². The van der Waals surface area contributed by atoms with Gasteiger partial charge in [0.05, 0.1) is 12.4 Å². The maximum Gasteiger partial charge on any atom is 0.288 e. The van der Waals surface area contributed by atoms with Gasteiger partial charge in [0.25, 0.3) is 5.91 Å². The SMILES string of the molecule is CC(N)NC(=O)c1ccco1. The minimum absolute atomic E-state index is 0.280. The van der Waals surface area contributed by atoms with E-state index in [1.807, 2.05) is 0 Å². The molecule has 0 saturated heterocycles. The highest BCUT2D eigenvalue weighted by Crippen LogP contribution is 1.98. The smallest absolute Gasteiger partial charge is 0.288 e. The van der Waals surface area contributed by atoms with E-state index >= 15 is 0 Å². The van der Waals surface area contributed by atoms with Crippen molar-refractivity contribution in [1.29, 1.82) is 0 Å². The Balaban J connectivity index is 2.57. The van der Waals surface area contributed by atoms with Gasteiger partial charge in [0, 0.05) is 0 Å². The van der Waals surface area contributed by atoms with Crippen molar-refractivity contribution in [2.75, 3.05) is 0 Å². The van der Waals surface area contributed by atoms with Gasteiger partial charge in [-0.1, -0.05) is 0 Å². The largest absolute Gasteiger partial charge is 0.459 e. The molecule has 3 N–H and O–H groups in total. The van der Waals surface area contributed by atoms with Gasteiger partial charge in [0.1, 0.15) is 0 Å². The highest BCUT2D eigenvalue weighted by molar-refractivity contribution is 5.91. The Bertz CT molecular complexity index is 229. The second kappa shape index (κ2) is 3.21. The van der Waals surface area contributed by atoms with Gasteiger partial charge < -0.3 is 15.5 Å². The Morgan fingerprint density at radius 1 is 1.82 bits per heavy atom. The Morgan fingerprint density at radius 3 is 3.00 bits per heavy atom. The Morgan fingerprint density at radius 2 is 2.55 bits per heavy atom. The fourth-order valence-electron chi connectivity index (χ4n) is 0.686. The average Bonchev–Trinajstić information content (AvgIpc) is 2.35. The van der Waals surface area contributed by atoms with Crippen LogP contribution in [0.4, 0.5) is 0 Å². The van der Waals surface area contributed by atoms with E-state index in [-0.39, 0.29) is 17.8 Å². The van der Waals surface area contributed by atoms with Crippen LogP contribution in [0.25, 0.3) is 0 Å². The maximum absolute atomic E-state index is 11.0. The number of hydrogen-bond donors (Lipinski definition) is 2. The number of amides is 1. The quantitative estimate of drug-likeness (QED) is 0.602. The molecule has 0 aliphatic heterocycles. The molecule has 60 valence electrons. The molecule has 0 saturated carbocycles. The third-order valence-corrected chi connectivity index (χ3v) is 1.10. The summed E-state index contributed by atoms with van der Waals surface area (Å²) >= 11 is 0. The van der Waals surface area contributed by atoms with Crippen LogP contribution in [0.2, 0.25) is 0 Å². The number of rotatable bonds is 2. The molecular formula is C7H10N2O2. The minimum atomic E-state index is -0.354. The van der Waals surface area contributed by atoms with Crippen molar-refractivity contribution in [2.24, 2.45) is 5.73 Å². The first-order valence-electron chi connectivity index (χ1n) is 3.30. The van der Waals surface area contributed by atoms with Gasteiger partial charge in [-0.15, -0.1) is 0 Å². The summed E-state index contributed by atoms with van der Waals surface area (Å²) in [6, 6.07) is 3.23. The van der Waals surface area contributed by atoms with Crippen molar-refractivity contribution in [3.8, 4) is 0 Å². The summed E-state index contributed by atoms with van der Waals surface area (Å²) in [7, 11) is 0. The third-order valence-electron chi connectivity index (χ3n) is 1.10. The van der Waals surface area contributed by atoms with Crippen molar-refractivity contribution in [3.05, 3.63) is 24.2 Å². The summed E-state index contributed by atoms with van der Waals surface area (Å²) in [4.78, 5) is 11.0. The normalized spacial score (nSPS) is 12.5. The zero-order chi connectivity index (χ0) is 8.27. The van der Waals surface area contributed by atoms with Gasteiger partial charge in [-0.2, -0.15) is 0 Å². The first kappa shape index (κ1) is 7.81. The second-order valence-electron chi connectivity index (χ2n) is 2.24. The highest BCUT2D eigenvalue weighted by Gasteiger charge is 2.08. The summed E-state index contributed by atoms with van der Waals surface area (Å²) in [6.07, 6.45) is 1.09. The molecule has 1 unspecified atom stereocenters. The van der Waals surface area contributed by atoms with Crippen LogP contribution < -0.4 is 11.1 Å². The van der Waals surface area contributed by atoms with Gasteiger partial charge in [0.15, 0.2) is 5.76 Å². The molecule has 0 aromatic carbocycles. The Kier molecular flexibility index (Phi) is 2.28. The van der Waals surface area contributed by atoms with E-state index in [1.54, 1.807) is 19.1 Å². The lowest BCUT2D eigenvalue weighted by Gasteiger charge is -2.04. The standard InChI is InChI=1S/C7H10N2O2/c1-5(8)9-7(10)6-3-2-4-11-6/h2-5H,8H2,1H3,(H,9,10). The lowest BCUT2D eigenvalue weighted by molar-refractivity contribution is 0.0913.